The first kappa shape index (κ1) is 27.4. The fourth-order valence-electron chi connectivity index (χ4n) is 2.49. The van der Waals surface area contributed by atoms with Gasteiger partial charge in [0.1, 0.15) is 31.2 Å². The lowest BCUT2D eigenvalue weighted by Crippen LogP contribution is -2.49. The van der Waals surface area contributed by atoms with Crippen molar-refractivity contribution in [2.24, 2.45) is 0 Å². The molecule has 0 aromatic carbocycles. The maximum absolute atomic E-state index is 10.5. The molecule has 168 valence electrons. The molecule has 9 heteroatoms. The number of aldehydes is 1. The topological polar surface area (TPSA) is 135 Å². The van der Waals surface area contributed by atoms with Gasteiger partial charge in [-0.25, -0.2) is 0 Å². The summed E-state index contributed by atoms with van der Waals surface area (Å²) in [6.07, 6.45) is -1.41. The van der Waals surface area contributed by atoms with Crippen molar-refractivity contribution < 1.29 is 44.2 Å². The Hall–Kier alpha value is -0.650. The number of aliphatic hydroxyl groups is 4. The summed E-state index contributed by atoms with van der Waals surface area (Å²) in [4.78, 5) is 10.5. The van der Waals surface area contributed by atoms with E-state index in [1.165, 1.54) is 0 Å². The molecule has 0 spiro atoms. The van der Waals surface area contributed by atoms with E-state index in [1.54, 1.807) is 34.6 Å². The molecule has 4 atom stereocenters. The monoisotopic (exact) mass is 410 g/mol. The minimum atomic E-state index is -0.949. The van der Waals surface area contributed by atoms with E-state index in [2.05, 4.69) is 0 Å². The van der Waals surface area contributed by atoms with Crippen LogP contribution in [0.4, 0.5) is 0 Å². The Morgan fingerprint density at radius 1 is 0.857 bits per heavy atom. The van der Waals surface area contributed by atoms with Crippen molar-refractivity contribution in [1.82, 2.24) is 0 Å². The zero-order valence-corrected chi connectivity index (χ0v) is 17.7. The van der Waals surface area contributed by atoms with Gasteiger partial charge in [-0.2, -0.15) is 0 Å². The highest BCUT2D eigenvalue weighted by molar-refractivity contribution is 5.50. The Morgan fingerprint density at radius 3 is 1.86 bits per heavy atom. The fraction of sp³-hybridized carbons (Fsp3) is 0.947. The predicted molar refractivity (Wildman–Crippen MR) is 102 cm³/mol. The molecular weight excluding hydrogens is 372 g/mol. The van der Waals surface area contributed by atoms with Crippen LogP contribution in [0.25, 0.3) is 0 Å². The van der Waals surface area contributed by atoms with Crippen LogP contribution in [0, 0.1) is 0 Å². The van der Waals surface area contributed by atoms with Gasteiger partial charge < -0.3 is 44.2 Å². The summed E-state index contributed by atoms with van der Waals surface area (Å²) < 4.78 is 22.7. The van der Waals surface area contributed by atoms with Crippen molar-refractivity contribution in [3.8, 4) is 0 Å². The molecule has 0 aliphatic rings. The van der Waals surface area contributed by atoms with Gasteiger partial charge in [0.15, 0.2) is 0 Å². The van der Waals surface area contributed by atoms with E-state index in [0.717, 1.165) is 0 Å². The molecule has 0 radical (unpaired) electrons. The Kier molecular flexibility index (Phi) is 13.2. The first-order valence-corrected chi connectivity index (χ1v) is 9.53. The highest BCUT2D eigenvalue weighted by Crippen LogP contribution is 2.23. The highest BCUT2D eigenvalue weighted by atomic mass is 16.6. The maximum atomic E-state index is 10.5. The van der Waals surface area contributed by atoms with E-state index in [4.69, 9.17) is 24.1 Å². The summed E-state index contributed by atoms with van der Waals surface area (Å²) in [6, 6.07) is 0. The molecule has 9 nitrogen and oxygen atoms in total. The lowest BCUT2D eigenvalue weighted by molar-refractivity contribution is -0.204. The minimum absolute atomic E-state index is 0.0159. The van der Waals surface area contributed by atoms with Crippen molar-refractivity contribution in [2.45, 2.75) is 76.7 Å². The first-order valence-electron chi connectivity index (χ1n) is 9.53. The van der Waals surface area contributed by atoms with Crippen molar-refractivity contribution in [1.29, 1.82) is 0 Å². The number of rotatable bonds is 17. The maximum Gasteiger partial charge on any atom is 0.145 e. The van der Waals surface area contributed by atoms with Crippen LogP contribution in [0.5, 0.6) is 0 Å². The van der Waals surface area contributed by atoms with Gasteiger partial charge in [-0.05, 0) is 41.0 Å². The molecular formula is C19H38O9. The van der Waals surface area contributed by atoms with E-state index in [0.29, 0.717) is 12.7 Å². The van der Waals surface area contributed by atoms with Gasteiger partial charge in [0.05, 0.1) is 43.7 Å². The third-order valence-corrected chi connectivity index (χ3v) is 4.54. The second-order valence-corrected chi connectivity index (χ2v) is 7.74. The zero-order valence-electron chi connectivity index (χ0n) is 17.7. The van der Waals surface area contributed by atoms with E-state index < -0.39 is 29.5 Å². The molecule has 0 bridgehead atoms. The molecule has 0 saturated heterocycles. The zero-order chi connectivity index (χ0) is 21.8. The molecule has 0 saturated carbocycles. The van der Waals surface area contributed by atoms with Gasteiger partial charge in [-0.3, -0.25) is 0 Å². The van der Waals surface area contributed by atoms with Gasteiger partial charge in [0.25, 0.3) is 0 Å². The van der Waals surface area contributed by atoms with Gasteiger partial charge in [-0.1, -0.05) is 0 Å². The second-order valence-electron chi connectivity index (χ2n) is 7.74. The lowest BCUT2D eigenvalue weighted by atomic mass is 10.0. The summed E-state index contributed by atoms with van der Waals surface area (Å²) in [7, 11) is 0. The minimum Gasteiger partial charge on any atom is -0.396 e. The van der Waals surface area contributed by atoms with Crippen LogP contribution in [0.2, 0.25) is 0 Å². The van der Waals surface area contributed by atoms with Crippen LogP contribution < -0.4 is 0 Å². The fourth-order valence-corrected chi connectivity index (χ4v) is 2.49. The van der Waals surface area contributed by atoms with Crippen molar-refractivity contribution >= 4 is 6.29 Å². The van der Waals surface area contributed by atoms with Gasteiger partial charge in [0.2, 0.25) is 0 Å². The largest absolute Gasteiger partial charge is 0.396 e. The normalized spacial score (nSPS) is 17.2. The molecule has 4 N–H and O–H groups in total. The molecule has 0 aliphatic carbocycles. The van der Waals surface area contributed by atoms with Crippen LogP contribution >= 0.6 is 0 Å². The lowest BCUT2D eigenvalue weighted by Gasteiger charge is -2.38. The molecule has 0 rings (SSSR count). The molecule has 28 heavy (non-hydrogen) atoms. The van der Waals surface area contributed by atoms with Gasteiger partial charge in [0, 0.05) is 6.61 Å². The standard InChI is InChI=1S/C19H38O9/c1-14(6-7-20)27-16(11-23)19(4,5)26-13-15(10-22)28-17(12-24)18(2,3)25-9-8-21/h8,14-17,20,22-24H,6-7,9-13H2,1-5H3. The van der Waals surface area contributed by atoms with Crippen LogP contribution in [0.15, 0.2) is 0 Å². The van der Waals surface area contributed by atoms with Gasteiger partial charge in [-0.15, -0.1) is 0 Å². The summed E-state index contributed by atoms with van der Waals surface area (Å²) in [6.45, 7) is 7.45. The summed E-state index contributed by atoms with van der Waals surface area (Å²) in [5.41, 5.74) is -1.84. The quantitative estimate of drug-likeness (QED) is 0.238. The molecule has 0 aromatic rings. The number of hydrogen-bond acceptors (Lipinski definition) is 9. The molecule has 0 fully saturated rings. The van der Waals surface area contributed by atoms with Crippen molar-refractivity contribution in [2.75, 3.05) is 39.6 Å². The van der Waals surface area contributed by atoms with E-state index in [1.807, 2.05) is 0 Å². The Labute approximate surface area is 167 Å². The summed E-state index contributed by atoms with van der Waals surface area (Å²) >= 11 is 0. The van der Waals surface area contributed by atoms with Crippen LogP contribution in [-0.4, -0.2) is 102 Å². The second kappa shape index (κ2) is 13.6. The molecule has 0 heterocycles. The molecule has 4 unspecified atom stereocenters. The van der Waals surface area contributed by atoms with E-state index in [-0.39, 0.29) is 45.7 Å². The summed E-state index contributed by atoms with van der Waals surface area (Å²) in [5, 5.41) is 37.9. The summed E-state index contributed by atoms with van der Waals surface area (Å²) in [5.74, 6) is 0. The van der Waals surface area contributed by atoms with Crippen molar-refractivity contribution in [3.05, 3.63) is 0 Å². The number of carbonyl (C=O) groups excluding carboxylic acids is 1. The van der Waals surface area contributed by atoms with E-state index >= 15 is 0 Å². The SMILES string of the molecule is CC(CCO)OC(CO)C(C)(C)OCC(CO)OC(CO)C(C)(C)OCC=O. The predicted octanol–water partition coefficient (Wildman–Crippen LogP) is -0.337. The smallest absolute Gasteiger partial charge is 0.145 e. The first-order chi connectivity index (χ1) is 13.1. The molecule has 0 aromatic heterocycles. The number of ether oxygens (including phenoxy) is 4. The Bertz CT molecular complexity index is 414. The van der Waals surface area contributed by atoms with Crippen molar-refractivity contribution in [3.63, 3.8) is 0 Å². The average molecular weight is 411 g/mol. The molecule has 0 aliphatic heterocycles. The third-order valence-electron chi connectivity index (χ3n) is 4.54. The third kappa shape index (κ3) is 9.71. The number of carbonyl (C=O) groups is 1. The Balaban J connectivity index is 4.88. The van der Waals surface area contributed by atoms with Crippen LogP contribution in [0.1, 0.15) is 41.0 Å². The highest BCUT2D eigenvalue weighted by Gasteiger charge is 2.36. The van der Waals surface area contributed by atoms with Gasteiger partial charge >= 0.3 is 0 Å². The number of hydrogen-bond donors (Lipinski definition) is 4. The Morgan fingerprint density at radius 2 is 1.39 bits per heavy atom. The number of aliphatic hydroxyl groups excluding tert-OH is 4. The average Bonchev–Trinajstić information content (AvgIpc) is 2.64. The van der Waals surface area contributed by atoms with E-state index in [9.17, 15) is 20.1 Å². The molecule has 0 amide bonds. The van der Waals surface area contributed by atoms with Crippen LogP contribution in [-0.2, 0) is 23.7 Å². The van der Waals surface area contributed by atoms with Crippen LogP contribution in [0.3, 0.4) is 0 Å².